The van der Waals surface area contributed by atoms with Gasteiger partial charge in [0, 0.05) is 13.5 Å². The summed E-state index contributed by atoms with van der Waals surface area (Å²) in [7, 11) is 0. The zero-order chi connectivity index (χ0) is 7.11. The van der Waals surface area contributed by atoms with E-state index in [1.165, 1.54) is 13.0 Å². The van der Waals surface area contributed by atoms with Crippen LogP contribution in [0.2, 0.25) is 0 Å². The molecule has 4 nitrogen and oxygen atoms in total. The number of aliphatic imine (C=N–C) groups is 1. The lowest BCUT2D eigenvalue weighted by atomic mass is 10.6. The summed E-state index contributed by atoms with van der Waals surface area (Å²) < 4.78 is 0. The molecule has 0 radical (unpaired) electrons. The molecular formula is C5H8N2O2. The summed E-state index contributed by atoms with van der Waals surface area (Å²) in [5.41, 5.74) is 0. The largest absolute Gasteiger partial charge is 0.354 e. The SMILES string of the molecule is CC(=O)NCCN=C=O. The van der Waals surface area contributed by atoms with Gasteiger partial charge in [-0.2, -0.15) is 0 Å². The van der Waals surface area contributed by atoms with E-state index in [-0.39, 0.29) is 5.91 Å². The summed E-state index contributed by atoms with van der Waals surface area (Å²) in [5, 5.41) is 2.47. The van der Waals surface area contributed by atoms with Gasteiger partial charge in [0.25, 0.3) is 0 Å². The van der Waals surface area contributed by atoms with E-state index >= 15 is 0 Å². The molecule has 0 aromatic heterocycles. The fourth-order valence-electron chi connectivity index (χ4n) is 0.333. The van der Waals surface area contributed by atoms with Crippen LogP contribution in [0.5, 0.6) is 0 Å². The maximum Gasteiger partial charge on any atom is 0.235 e. The average Bonchev–Trinajstić information content (AvgIpc) is 1.80. The van der Waals surface area contributed by atoms with E-state index in [1.54, 1.807) is 0 Å². The smallest absolute Gasteiger partial charge is 0.235 e. The maximum atomic E-state index is 10.2. The Kier molecular flexibility index (Phi) is 4.36. The molecule has 0 saturated heterocycles. The van der Waals surface area contributed by atoms with E-state index in [1.807, 2.05) is 0 Å². The Balaban J connectivity index is 3.10. The van der Waals surface area contributed by atoms with Gasteiger partial charge in [0.05, 0.1) is 6.54 Å². The van der Waals surface area contributed by atoms with Crippen molar-refractivity contribution in [2.75, 3.05) is 13.1 Å². The highest BCUT2D eigenvalue weighted by molar-refractivity contribution is 5.72. The molecule has 0 heterocycles. The van der Waals surface area contributed by atoms with Crippen LogP contribution >= 0.6 is 0 Å². The number of nitrogens with one attached hydrogen (secondary N) is 1. The third kappa shape index (κ3) is 6.85. The van der Waals surface area contributed by atoms with Crippen molar-refractivity contribution < 1.29 is 9.59 Å². The second-order valence-corrected chi connectivity index (χ2v) is 1.46. The zero-order valence-corrected chi connectivity index (χ0v) is 5.18. The van der Waals surface area contributed by atoms with E-state index in [0.29, 0.717) is 13.1 Å². The van der Waals surface area contributed by atoms with Crippen molar-refractivity contribution in [1.82, 2.24) is 5.32 Å². The number of nitrogens with zero attached hydrogens (tertiary/aromatic N) is 1. The Labute approximate surface area is 53.0 Å². The lowest BCUT2D eigenvalue weighted by molar-refractivity contribution is -0.118. The van der Waals surface area contributed by atoms with Crippen LogP contribution < -0.4 is 5.32 Å². The minimum atomic E-state index is -0.115. The summed E-state index contributed by atoms with van der Waals surface area (Å²) in [4.78, 5) is 22.8. The van der Waals surface area contributed by atoms with Gasteiger partial charge in [-0.25, -0.2) is 9.79 Å². The molecule has 0 aliphatic heterocycles. The van der Waals surface area contributed by atoms with Crippen LogP contribution in [0.15, 0.2) is 4.99 Å². The summed E-state index contributed by atoms with van der Waals surface area (Å²) in [6.45, 7) is 2.12. The number of isocyanates is 1. The summed E-state index contributed by atoms with van der Waals surface area (Å²) >= 11 is 0. The van der Waals surface area contributed by atoms with Crippen LogP contribution in [0.25, 0.3) is 0 Å². The lowest BCUT2D eigenvalue weighted by Crippen LogP contribution is -2.22. The fourth-order valence-corrected chi connectivity index (χ4v) is 0.333. The van der Waals surface area contributed by atoms with Crippen molar-refractivity contribution in [1.29, 1.82) is 0 Å². The number of rotatable bonds is 3. The van der Waals surface area contributed by atoms with Gasteiger partial charge in [0.1, 0.15) is 0 Å². The van der Waals surface area contributed by atoms with E-state index in [4.69, 9.17) is 0 Å². The van der Waals surface area contributed by atoms with E-state index < -0.39 is 0 Å². The van der Waals surface area contributed by atoms with Gasteiger partial charge in [-0.1, -0.05) is 0 Å². The first-order valence-electron chi connectivity index (χ1n) is 2.55. The summed E-state index contributed by atoms with van der Waals surface area (Å²) in [6.07, 6.45) is 1.37. The molecule has 50 valence electrons. The standard InChI is InChI=1S/C5H8N2O2/c1-5(9)7-3-2-6-4-8/h2-3H2,1H3,(H,7,9). The van der Waals surface area contributed by atoms with Crippen molar-refractivity contribution in [3.8, 4) is 0 Å². The second kappa shape index (κ2) is 5.00. The van der Waals surface area contributed by atoms with Crippen LogP contribution in [-0.4, -0.2) is 25.1 Å². The lowest BCUT2D eigenvalue weighted by Gasteiger charge is -1.93. The van der Waals surface area contributed by atoms with Crippen molar-refractivity contribution >= 4 is 12.0 Å². The summed E-state index contributed by atoms with van der Waals surface area (Å²) in [6, 6.07) is 0. The van der Waals surface area contributed by atoms with Crippen molar-refractivity contribution in [3.05, 3.63) is 0 Å². The zero-order valence-electron chi connectivity index (χ0n) is 5.18. The summed E-state index contributed by atoms with van der Waals surface area (Å²) in [5.74, 6) is -0.115. The second-order valence-electron chi connectivity index (χ2n) is 1.46. The third-order valence-electron chi connectivity index (χ3n) is 0.662. The molecule has 0 bridgehead atoms. The van der Waals surface area contributed by atoms with Gasteiger partial charge in [0.2, 0.25) is 12.0 Å². The number of hydrogen-bond donors (Lipinski definition) is 1. The molecule has 0 aliphatic carbocycles. The quantitative estimate of drug-likeness (QED) is 0.315. The van der Waals surface area contributed by atoms with Crippen LogP contribution in [0.1, 0.15) is 6.92 Å². The molecule has 0 saturated carbocycles. The molecule has 0 fully saturated rings. The van der Waals surface area contributed by atoms with Gasteiger partial charge < -0.3 is 5.32 Å². The first-order valence-corrected chi connectivity index (χ1v) is 2.55. The number of amides is 1. The van der Waals surface area contributed by atoms with Gasteiger partial charge >= 0.3 is 0 Å². The fraction of sp³-hybridized carbons (Fsp3) is 0.600. The molecule has 1 N–H and O–H groups in total. The Hall–Kier alpha value is -1.15. The number of carbonyl (C=O) groups excluding carboxylic acids is 2. The van der Waals surface area contributed by atoms with Crippen LogP contribution in [0, 0.1) is 0 Å². The van der Waals surface area contributed by atoms with Gasteiger partial charge in [0.15, 0.2) is 0 Å². The first-order chi connectivity index (χ1) is 4.27. The Bertz CT molecular complexity index is 136. The third-order valence-corrected chi connectivity index (χ3v) is 0.662. The first kappa shape index (κ1) is 7.85. The Morgan fingerprint density at radius 3 is 2.89 bits per heavy atom. The molecular weight excluding hydrogens is 120 g/mol. The number of hydrogen-bond acceptors (Lipinski definition) is 3. The predicted octanol–water partition coefficient (Wildman–Crippen LogP) is -0.542. The van der Waals surface area contributed by atoms with Crippen molar-refractivity contribution in [2.45, 2.75) is 6.92 Å². The van der Waals surface area contributed by atoms with Crippen LogP contribution in [-0.2, 0) is 9.59 Å². The highest BCUT2D eigenvalue weighted by atomic mass is 16.1. The highest BCUT2D eigenvalue weighted by Crippen LogP contribution is 1.63. The molecule has 0 aromatic carbocycles. The minimum Gasteiger partial charge on any atom is -0.354 e. The molecule has 0 rings (SSSR count). The topological polar surface area (TPSA) is 58.5 Å². The highest BCUT2D eigenvalue weighted by Gasteiger charge is 1.85. The van der Waals surface area contributed by atoms with E-state index in [0.717, 1.165) is 0 Å². The molecule has 0 atom stereocenters. The van der Waals surface area contributed by atoms with Crippen molar-refractivity contribution in [2.24, 2.45) is 4.99 Å². The monoisotopic (exact) mass is 128 g/mol. The average molecular weight is 128 g/mol. The molecule has 1 amide bonds. The normalized spacial score (nSPS) is 7.67. The van der Waals surface area contributed by atoms with Crippen molar-refractivity contribution in [3.63, 3.8) is 0 Å². The van der Waals surface area contributed by atoms with Gasteiger partial charge in [-0.3, -0.25) is 4.79 Å². The number of carbonyl (C=O) groups is 1. The maximum absolute atomic E-state index is 10.2. The Morgan fingerprint density at radius 1 is 1.78 bits per heavy atom. The minimum absolute atomic E-state index is 0.115. The molecule has 0 aliphatic rings. The van der Waals surface area contributed by atoms with Gasteiger partial charge in [-0.15, -0.1) is 0 Å². The predicted molar refractivity (Wildman–Crippen MR) is 31.7 cm³/mol. The van der Waals surface area contributed by atoms with E-state index in [9.17, 15) is 9.59 Å². The molecule has 9 heavy (non-hydrogen) atoms. The Morgan fingerprint density at radius 2 is 2.44 bits per heavy atom. The van der Waals surface area contributed by atoms with Gasteiger partial charge in [-0.05, 0) is 0 Å². The molecule has 0 aromatic rings. The molecule has 0 unspecified atom stereocenters. The molecule has 4 heteroatoms. The van der Waals surface area contributed by atoms with Crippen LogP contribution in [0.3, 0.4) is 0 Å². The van der Waals surface area contributed by atoms with E-state index in [2.05, 4.69) is 10.3 Å². The van der Waals surface area contributed by atoms with Crippen LogP contribution in [0.4, 0.5) is 0 Å². The molecule has 0 spiro atoms.